The van der Waals surface area contributed by atoms with E-state index in [0.717, 1.165) is 12.0 Å². The number of carbonyl (C=O) groups excluding carboxylic acids is 2. The van der Waals surface area contributed by atoms with Crippen molar-refractivity contribution in [3.8, 4) is 5.75 Å². The highest BCUT2D eigenvalue weighted by Crippen LogP contribution is 2.23. The summed E-state index contributed by atoms with van der Waals surface area (Å²) in [4.78, 5) is 26.1. The van der Waals surface area contributed by atoms with Crippen LogP contribution in [0, 0.1) is 5.92 Å². The quantitative estimate of drug-likeness (QED) is 0.784. The van der Waals surface area contributed by atoms with Crippen LogP contribution in [0.1, 0.15) is 32.3 Å². The molecule has 1 aromatic carbocycles. The highest BCUT2D eigenvalue weighted by atomic mass is 16.5. The third kappa shape index (κ3) is 3.59. The van der Waals surface area contributed by atoms with E-state index in [1.165, 1.54) is 0 Å². The number of benzene rings is 1. The van der Waals surface area contributed by atoms with Gasteiger partial charge in [-0.1, -0.05) is 32.0 Å². The predicted octanol–water partition coefficient (Wildman–Crippen LogP) is 2.39. The largest absolute Gasteiger partial charge is 0.496 e. The van der Waals surface area contributed by atoms with Crippen LogP contribution in [0.5, 0.6) is 5.75 Å². The van der Waals surface area contributed by atoms with Gasteiger partial charge >= 0.3 is 5.97 Å². The number of para-hydroxylation sites is 1. The molecular formula is C17H23NO4. The van der Waals surface area contributed by atoms with E-state index >= 15 is 0 Å². The summed E-state index contributed by atoms with van der Waals surface area (Å²) in [6, 6.07) is 6.97. The van der Waals surface area contributed by atoms with Crippen molar-refractivity contribution in [1.82, 2.24) is 4.90 Å². The van der Waals surface area contributed by atoms with E-state index in [0.29, 0.717) is 18.7 Å². The Hall–Kier alpha value is -2.04. The van der Waals surface area contributed by atoms with Gasteiger partial charge in [0, 0.05) is 18.0 Å². The molecular weight excluding hydrogens is 282 g/mol. The van der Waals surface area contributed by atoms with Gasteiger partial charge in [-0.05, 0) is 18.9 Å². The number of ether oxygens (including phenoxy) is 2. The summed E-state index contributed by atoms with van der Waals surface area (Å²) in [5.41, 5.74) is 0.818. The molecule has 0 radical (unpaired) electrons. The minimum Gasteiger partial charge on any atom is -0.496 e. The van der Waals surface area contributed by atoms with Crippen molar-refractivity contribution in [2.24, 2.45) is 5.92 Å². The zero-order valence-corrected chi connectivity index (χ0v) is 13.4. The van der Waals surface area contributed by atoms with Crippen LogP contribution in [-0.2, 0) is 20.9 Å². The summed E-state index contributed by atoms with van der Waals surface area (Å²) in [7, 11) is 1.58. The molecule has 1 heterocycles. The van der Waals surface area contributed by atoms with E-state index in [1.54, 1.807) is 12.0 Å². The van der Waals surface area contributed by atoms with Gasteiger partial charge in [0.2, 0.25) is 5.91 Å². The molecule has 1 aliphatic rings. The fourth-order valence-electron chi connectivity index (χ4n) is 2.67. The molecule has 5 heteroatoms. The number of esters is 1. The van der Waals surface area contributed by atoms with Crippen LogP contribution in [0.2, 0.25) is 0 Å². The molecule has 1 amide bonds. The number of nitrogens with zero attached hydrogens (tertiary/aromatic N) is 1. The molecule has 0 N–H and O–H groups in total. The first-order chi connectivity index (χ1) is 10.5. The van der Waals surface area contributed by atoms with Crippen LogP contribution in [0.25, 0.3) is 0 Å². The Kier molecular flexibility index (Phi) is 5.41. The van der Waals surface area contributed by atoms with E-state index in [-0.39, 0.29) is 24.4 Å². The molecule has 0 bridgehead atoms. The summed E-state index contributed by atoms with van der Waals surface area (Å²) in [6.07, 6.45) is 1.51. The smallest absolute Gasteiger partial charge is 0.329 e. The van der Waals surface area contributed by atoms with Crippen molar-refractivity contribution >= 4 is 11.9 Å². The minimum absolute atomic E-state index is 0.0109. The van der Waals surface area contributed by atoms with Gasteiger partial charge < -0.3 is 14.4 Å². The molecule has 1 saturated heterocycles. The van der Waals surface area contributed by atoms with Gasteiger partial charge in [0.25, 0.3) is 0 Å². The Morgan fingerprint density at radius 3 is 2.73 bits per heavy atom. The zero-order valence-electron chi connectivity index (χ0n) is 13.4. The number of hydrogen-bond acceptors (Lipinski definition) is 4. The lowest BCUT2D eigenvalue weighted by Crippen LogP contribution is -2.43. The van der Waals surface area contributed by atoms with E-state index in [9.17, 15) is 9.59 Å². The molecule has 0 aliphatic carbocycles. The monoisotopic (exact) mass is 305 g/mol. The lowest BCUT2D eigenvalue weighted by molar-refractivity contribution is -0.155. The first kappa shape index (κ1) is 16.3. The predicted molar refractivity (Wildman–Crippen MR) is 82.4 cm³/mol. The fraction of sp³-hybridized carbons (Fsp3) is 0.529. The maximum Gasteiger partial charge on any atom is 0.329 e. The first-order valence-electron chi connectivity index (χ1n) is 7.63. The van der Waals surface area contributed by atoms with E-state index in [4.69, 9.17) is 9.47 Å². The maximum absolute atomic E-state index is 12.3. The van der Waals surface area contributed by atoms with Crippen molar-refractivity contribution in [2.75, 3.05) is 13.7 Å². The van der Waals surface area contributed by atoms with Crippen molar-refractivity contribution in [1.29, 1.82) is 0 Å². The van der Waals surface area contributed by atoms with Crippen LogP contribution in [0.15, 0.2) is 24.3 Å². The van der Waals surface area contributed by atoms with Gasteiger partial charge in [-0.2, -0.15) is 0 Å². The van der Waals surface area contributed by atoms with Gasteiger partial charge in [-0.15, -0.1) is 0 Å². The molecule has 1 aliphatic heterocycles. The summed E-state index contributed by atoms with van der Waals surface area (Å²) in [6.45, 7) is 4.48. The van der Waals surface area contributed by atoms with Gasteiger partial charge in [0.05, 0.1) is 7.11 Å². The Balaban J connectivity index is 1.98. The molecule has 22 heavy (non-hydrogen) atoms. The van der Waals surface area contributed by atoms with Crippen LogP contribution < -0.4 is 4.74 Å². The Morgan fingerprint density at radius 1 is 1.32 bits per heavy atom. The van der Waals surface area contributed by atoms with Gasteiger partial charge in [-0.3, -0.25) is 4.79 Å². The topological polar surface area (TPSA) is 55.8 Å². The normalized spacial score (nSPS) is 17.6. The fourth-order valence-corrected chi connectivity index (χ4v) is 2.67. The van der Waals surface area contributed by atoms with Crippen LogP contribution in [0.3, 0.4) is 0 Å². The number of carbonyl (C=O) groups is 2. The Bertz CT molecular complexity index is 541. The number of hydrogen-bond donors (Lipinski definition) is 0. The lowest BCUT2D eigenvalue weighted by atomic mass is 10.1. The van der Waals surface area contributed by atoms with Gasteiger partial charge in [-0.25, -0.2) is 4.79 Å². The third-order valence-electron chi connectivity index (χ3n) is 3.86. The van der Waals surface area contributed by atoms with Crippen molar-refractivity contribution in [2.45, 2.75) is 39.3 Å². The van der Waals surface area contributed by atoms with Crippen LogP contribution >= 0.6 is 0 Å². The number of amides is 1. The molecule has 5 nitrogen and oxygen atoms in total. The number of likely N-dealkylation sites (tertiary alicyclic amines) is 1. The standard InChI is InChI=1S/C17H23NO4/c1-12(2)16(19)18-10-6-8-14(18)17(20)22-11-13-7-4-5-9-15(13)21-3/h4-5,7,9,12,14H,6,8,10-11H2,1-3H3. The Morgan fingerprint density at radius 2 is 2.05 bits per heavy atom. The second-order valence-corrected chi connectivity index (χ2v) is 5.76. The number of rotatable bonds is 5. The minimum atomic E-state index is -0.454. The lowest BCUT2D eigenvalue weighted by Gasteiger charge is -2.25. The second kappa shape index (κ2) is 7.29. The molecule has 120 valence electrons. The molecule has 2 rings (SSSR count). The van der Waals surface area contributed by atoms with Crippen LogP contribution in [0.4, 0.5) is 0 Å². The molecule has 1 unspecified atom stereocenters. The SMILES string of the molecule is COc1ccccc1COC(=O)C1CCCN1C(=O)C(C)C. The molecule has 1 aromatic rings. The van der Waals surface area contributed by atoms with E-state index in [2.05, 4.69) is 0 Å². The van der Waals surface area contributed by atoms with Gasteiger partial charge in [0.15, 0.2) is 0 Å². The summed E-state index contributed by atoms with van der Waals surface area (Å²) < 4.78 is 10.6. The maximum atomic E-state index is 12.3. The summed E-state index contributed by atoms with van der Waals surface area (Å²) in [5, 5.41) is 0. The highest BCUT2D eigenvalue weighted by molar-refractivity contribution is 5.86. The summed E-state index contributed by atoms with van der Waals surface area (Å²) >= 11 is 0. The molecule has 0 saturated carbocycles. The second-order valence-electron chi connectivity index (χ2n) is 5.76. The molecule has 0 spiro atoms. The average molecular weight is 305 g/mol. The molecule has 0 aromatic heterocycles. The zero-order chi connectivity index (χ0) is 16.1. The highest BCUT2D eigenvalue weighted by Gasteiger charge is 2.36. The van der Waals surface area contributed by atoms with E-state index < -0.39 is 6.04 Å². The first-order valence-corrected chi connectivity index (χ1v) is 7.63. The van der Waals surface area contributed by atoms with Crippen molar-refractivity contribution < 1.29 is 19.1 Å². The molecule has 1 fully saturated rings. The third-order valence-corrected chi connectivity index (χ3v) is 3.86. The summed E-state index contributed by atoms with van der Waals surface area (Å²) in [5.74, 6) is 0.258. The Labute approximate surface area is 131 Å². The van der Waals surface area contributed by atoms with Crippen molar-refractivity contribution in [3.63, 3.8) is 0 Å². The van der Waals surface area contributed by atoms with Crippen LogP contribution in [-0.4, -0.2) is 36.5 Å². The van der Waals surface area contributed by atoms with Gasteiger partial charge in [0.1, 0.15) is 18.4 Å². The average Bonchev–Trinajstić information content (AvgIpc) is 3.01. The molecule has 1 atom stereocenters. The van der Waals surface area contributed by atoms with E-state index in [1.807, 2.05) is 38.1 Å². The number of methoxy groups -OCH3 is 1. The van der Waals surface area contributed by atoms with Crippen molar-refractivity contribution in [3.05, 3.63) is 29.8 Å².